The minimum Gasteiger partial charge on any atom is -0.446 e. The van der Waals surface area contributed by atoms with Gasteiger partial charge in [0.25, 0.3) is 15.9 Å². The molecule has 5 atom stereocenters. The summed E-state index contributed by atoms with van der Waals surface area (Å²) in [5, 5.41) is 12.8. The van der Waals surface area contributed by atoms with Gasteiger partial charge in [-0.05, 0) is 75.1 Å². The molecule has 1 aromatic carbocycles. The highest BCUT2D eigenvalue weighted by Gasteiger charge is 2.61. The molecule has 320 valence electrons. The van der Waals surface area contributed by atoms with Crippen LogP contribution in [0.25, 0.3) is 0 Å². The van der Waals surface area contributed by atoms with Crippen LogP contribution in [0.15, 0.2) is 41.9 Å². The van der Waals surface area contributed by atoms with Crippen molar-refractivity contribution in [3.63, 3.8) is 0 Å². The third-order valence-corrected chi connectivity index (χ3v) is 13.5. The first-order valence-corrected chi connectivity index (χ1v) is 22.0. The number of ether oxygens (including phenoxy) is 2. The van der Waals surface area contributed by atoms with E-state index in [0.717, 1.165) is 61.9 Å². The molecule has 7 rings (SSSR count). The van der Waals surface area contributed by atoms with Crippen molar-refractivity contribution in [2.24, 2.45) is 13.0 Å². The van der Waals surface area contributed by atoms with Crippen LogP contribution >= 0.6 is 0 Å². The van der Waals surface area contributed by atoms with Crippen molar-refractivity contribution in [1.82, 2.24) is 34.9 Å². The summed E-state index contributed by atoms with van der Waals surface area (Å²) in [6.45, 7) is 4.58. The van der Waals surface area contributed by atoms with Crippen LogP contribution in [0.5, 0.6) is 0 Å². The summed E-state index contributed by atoms with van der Waals surface area (Å²) < 4.78 is 57.2. The maximum atomic E-state index is 14.6. The number of alkyl carbamates (subject to hydrolysis) is 1. The Hall–Kier alpha value is -5.20. The van der Waals surface area contributed by atoms with Crippen LogP contribution in [0.1, 0.15) is 88.3 Å². The zero-order valence-electron chi connectivity index (χ0n) is 33.3. The lowest BCUT2D eigenvalue weighted by Gasteiger charge is -2.30. The molecule has 5 amide bonds. The molecule has 1 aromatic heterocycles. The fourth-order valence-corrected chi connectivity index (χ4v) is 9.91. The Kier molecular flexibility index (Phi) is 12.5. The summed E-state index contributed by atoms with van der Waals surface area (Å²) in [5.41, 5.74) is 0.236. The molecule has 0 unspecified atom stereocenters. The number of rotatable bonds is 4. The maximum Gasteiger partial charge on any atom is 0.410 e. The van der Waals surface area contributed by atoms with Crippen LogP contribution in [0.3, 0.4) is 0 Å². The summed E-state index contributed by atoms with van der Waals surface area (Å²) in [7, 11) is -2.87. The maximum absolute atomic E-state index is 14.6. The topological polar surface area (TPSA) is 210 Å². The number of fused-ring (bicyclic) bond motifs is 3. The Morgan fingerprint density at radius 3 is 2.54 bits per heavy atom. The molecule has 3 aliphatic heterocycles. The average Bonchev–Trinajstić information content (AvgIpc) is 3.54. The first kappa shape index (κ1) is 41.9. The molecule has 2 aliphatic carbocycles. The van der Waals surface area contributed by atoms with E-state index in [4.69, 9.17) is 9.47 Å². The molecule has 19 heteroatoms. The van der Waals surface area contributed by atoms with Crippen LogP contribution < -0.4 is 20.7 Å². The molecule has 4 N–H and O–H groups in total. The van der Waals surface area contributed by atoms with Crippen molar-refractivity contribution in [2.45, 2.75) is 125 Å². The van der Waals surface area contributed by atoms with Crippen molar-refractivity contribution < 1.29 is 46.3 Å². The Bertz CT molecular complexity index is 2070. The average molecular weight is 841 g/mol. The molecule has 3 fully saturated rings. The number of sulfonamides is 1. The predicted octanol–water partition coefficient (Wildman–Crippen LogP) is 3.39. The van der Waals surface area contributed by atoms with Gasteiger partial charge in [-0.3, -0.25) is 19.1 Å². The van der Waals surface area contributed by atoms with Crippen LogP contribution in [0.2, 0.25) is 0 Å². The predicted molar refractivity (Wildman–Crippen MR) is 210 cm³/mol. The molecule has 2 aromatic rings. The van der Waals surface area contributed by atoms with E-state index in [-0.39, 0.29) is 44.1 Å². The second kappa shape index (κ2) is 17.6. The number of carbonyl (C=O) groups excluding carboxylic acids is 5. The number of amides is 5. The zero-order valence-corrected chi connectivity index (χ0v) is 34.1. The number of carbonyl (C=O) groups is 5. The second-order valence-electron chi connectivity index (χ2n) is 16.2. The van der Waals surface area contributed by atoms with Gasteiger partial charge in [-0.1, -0.05) is 31.8 Å². The SMILES string of the molecule is C=C[C@@H]1C[C@@]12NC(=O)[C@@H]1C[C@@H](OC(=O)N3CCc4cnn(C)c4C3)CN1C(=O)[C@@H](NC(=O)OC1CCCC1)CCCCCCCNc1ccc(F)cc1S(=O)(=O)NC2=O. The highest BCUT2D eigenvalue weighted by molar-refractivity contribution is 7.90. The number of aromatic nitrogens is 2. The van der Waals surface area contributed by atoms with E-state index < -0.39 is 80.3 Å². The Morgan fingerprint density at radius 2 is 1.78 bits per heavy atom. The van der Waals surface area contributed by atoms with Gasteiger partial charge in [-0.15, -0.1) is 6.58 Å². The molecule has 0 bridgehead atoms. The number of hydrogen-bond acceptors (Lipinski definition) is 11. The van der Waals surface area contributed by atoms with Gasteiger partial charge in [0.05, 0.1) is 30.7 Å². The molecule has 17 nitrogen and oxygen atoms in total. The zero-order chi connectivity index (χ0) is 41.9. The molecule has 5 aliphatic rings. The van der Waals surface area contributed by atoms with Crippen molar-refractivity contribution in [3.8, 4) is 0 Å². The van der Waals surface area contributed by atoms with Crippen LogP contribution in [0, 0.1) is 11.7 Å². The standard InChI is InChI=1S/C40H53FN8O9S/c1-3-26-21-40(26)37(52)46-59(55,56)34-19-27(41)14-15-30(34)42-17-10-6-4-5-7-13-31(44-38(53)57-28-11-8-9-12-28)36(51)49-23-29(20-32(49)35(50)45-40)58-39(54)48-18-16-25-22-43-47(2)33(25)24-48/h3,14-15,19,22,26,28-29,31-32,42H,1,4-13,16-18,20-21,23-24H2,2H3,(H,44,53)(H,45,50)(H,46,52)/t26-,29-,31+,32+,40-/m1/s1. The van der Waals surface area contributed by atoms with Gasteiger partial charge >= 0.3 is 12.2 Å². The number of hydrogen-bond donors (Lipinski definition) is 4. The Labute approximate surface area is 342 Å². The van der Waals surface area contributed by atoms with Gasteiger partial charge in [-0.2, -0.15) is 5.10 Å². The van der Waals surface area contributed by atoms with Gasteiger partial charge < -0.3 is 35.2 Å². The molecule has 4 heterocycles. The van der Waals surface area contributed by atoms with E-state index in [1.165, 1.54) is 21.9 Å². The number of nitrogens with zero attached hydrogens (tertiary/aromatic N) is 4. The molecule has 1 saturated heterocycles. The smallest absolute Gasteiger partial charge is 0.410 e. The van der Waals surface area contributed by atoms with E-state index in [1.54, 1.807) is 17.9 Å². The lowest BCUT2D eigenvalue weighted by atomic mass is 10.0. The van der Waals surface area contributed by atoms with Gasteiger partial charge in [0.1, 0.15) is 40.5 Å². The number of benzene rings is 1. The first-order valence-electron chi connectivity index (χ1n) is 20.6. The van der Waals surface area contributed by atoms with Gasteiger partial charge in [-0.25, -0.2) is 27.1 Å². The van der Waals surface area contributed by atoms with Gasteiger partial charge in [0, 0.05) is 32.5 Å². The fraction of sp³-hybridized carbons (Fsp3) is 0.600. The van der Waals surface area contributed by atoms with Crippen LogP contribution in [-0.4, -0.2) is 107 Å². The van der Waals surface area contributed by atoms with E-state index >= 15 is 0 Å². The van der Waals surface area contributed by atoms with E-state index in [2.05, 4.69) is 27.6 Å². The lowest BCUT2D eigenvalue weighted by molar-refractivity contribution is -0.141. The Morgan fingerprint density at radius 1 is 1.03 bits per heavy atom. The lowest BCUT2D eigenvalue weighted by Crippen LogP contribution is -2.58. The van der Waals surface area contributed by atoms with E-state index in [0.29, 0.717) is 38.8 Å². The summed E-state index contributed by atoms with van der Waals surface area (Å²) in [5.74, 6) is -3.94. The van der Waals surface area contributed by atoms with Crippen molar-refractivity contribution in [1.29, 1.82) is 0 Å². The molecule has 0 radical (unpaired) electrons. The molecule has 59 heavy (non-hydrogen) atoms. The second-order valence-corrected chi connectivity index (χ2v) is 17.9. The monoisotopic (exact) mass is 840 g/mol. The highest BCUT2D eigenvalue weighted by Crippen LogP contribution is 2.45. The molecular formula is C40H53FN8O9S. The highest BCUT2D eigenvalue weighted by atomic mass is 32.2. The van der Waals surface area contributed by atoms with Crippen LogP contribution in [-0.2, 0) is 53.9 Å². The largest absolute Gasteiger partial charge is 0.446 e. The van der Waals surface area contributed by atoms with Crippen molar-refractivity contribution >= 4 is 45.6 Å². The van der Waals surface area contributed by atoms with E-state index in [9.17, 15) is 36.8 Å². The quantitative estimate of drug-likeness (QED) is 0.328. The molecule has 1 spiro atoms. The fourth-order valence-electron chi connectivity index (χ4n) is 8.67. The third-order valence-electron chi connectivity index (χ3n) is 12.2. The number of anilines is 1. The number of halogens is 1. The summed E-state index contributed by atoms with van der Waals surface area (Å²) in [6, 6.07) is 0.881. The van der Waals surface area contributed by atoms with E-state index in [1.807, 2.05) is 4.72 Å². The molecular weight excluding hydrogens is 788 g/mol. The summed E-state index contributed by atoms with van der Waals surface area (Å²) in [6.07, 6.45) is 8.02. The van der Waals surface area contributed by atoms with Crippen molar-refractivity contribution in [3.05, 3.63) is 54.1 Å². The summed E-state index contributed by atoms with van der Waals surface area (Å²) in [4.78, 5) is 72.1. The Balaban J connectivity index is 1.16. The van der Waals surface area contributed by atoms with Crippen molar-refractivity contribution in [2.75, 3.05) is 25.0 Å². The normalized spacial score (nSPS) is 27.9. The van der Waals surface area contributed by atoms with Gasteiger partial charge in [0.15, 0.2) is 0 Å². The molecule has 2 saturated carbocycles. The van der Waals surface area contributed by atoms with Crippen LogP contribution in [0.4, 0.5) is 19.7 Å². The summed E-state index contributed by atoms with van der Waals surface area (Å²) >= 11 is 0. The first-order chi connectivity index (χ1) is 28.3. The number of nitrogens with one attached hydrogen (secondary N) is 4. The minimum absolute atomic E-state index is 0.000913. The minimum atomic E-state index is -4.66. The number of aryl methyl sites for hydroxylation is 1. The van der Waals surface area contributed by atoms with Gasteiger partial charge in [0.2, 0.25) is 11.8 Å². The third kappa shape index (κ3) is 9.34.